The Bertz CT molecular complexity index is 464. The van der Waals surface area contributed by atoms with Crippen LogP contribution in [0.4, 0.5) is 11.4 Å². The molecule has 0 saturated heterocycles. The fourth-order valence-electron chi connectivity index (χ4n) is 1.65. The van der Waals surface area contributed by atoms with Crippen molar-refractivity contribution in [1.82, 2.24) is 0 Å². The summed E-state index contributed by atoms with van der Waals surface area (Å²) in [5.74, 6) is 0.697. The van der Waals surface area contributed by atoms with E-state index < -0.39 is 4.92 Å². The van der Waals surface area contributed by atoms with Gasteiger partial charge in [-0.25, -0.2) is 0 Å². The highest BCUT2D eigenvalue weighted by Gasteiger charge is 2.24. The minimum atomic E-state index is -0.488. The maximum Gasteiger partial charge on any atom is 0.296 e. The summed E-state index contributed by atoms with van der Waals surface area (Å²) in [5.41, 5.74) is 0.268. The van der Waals surface area contributed by atoms with Crippen LogP contribution in [0.5, 0.6) is 11.5 Å². The van der Waals surface area contributed by atoms with Crippen LogP contribution in [0.1, 0.15) is 6.92 Å². The first-order chi connectivity index (χ1) is 8.96. The Hall–Kier alpha value is -2.02. The second-order valence-corrected chi connectivity index (χ2v) is 4.10. The lowest BCUT2D eigenvalue weighted by molar-refractivity contribution is -0.384. The lowest BCUT2D eigenvalue weighted by Gasteiger charge is -2.25. The molecule has 0 amide bonds. The number of rotatable bonds is 6. The van der Waals surface area contributed by atoms with Crippen LogP contribution in [0.3, 0.4) is 0 Å². The van der Waals surface area contributed by atoms with E-state index in [9.17, 15) is 10.1 Å². The van der Waals surface area contributed by atoms with Gasteiger partial charge in [-0.2, -0.15) is 0 Å². The second-order valence-electron chi connectivity index (χ2n) is 4.10. The van der Waals surface area contributed by atoms with E-state index in [1.807, 2.05) is 0 Å². The highest BCUT2D eigenvalue weighted by atomic mass is 16.6. The fourth-order valence-corrected chi connectivity index (χ4v) is 1.65. The Labute approximate surface area is 111 Å². The molecule has 0 aliphatic heterocycles. The van der Waals surface area contributed by atoms with Gasteiger partial charge in [0.2, 0.25) is 0 Å². The molecule has 1 rings (SSSR count). The fraction of sp³-hybridized carbons (Fsp3) is 0.500. The van der Waals surface area contributed by atoms with Crippen LogP contribution in [0.25, 0.3) is 0 Å². The monoisotopic (exact) mass is 270 g/mol. The molecule has 7 nitrogen and oxygen atoms in total. The zero-order valence-electron chi connectivity index (χ0n) is 11.4. The van der Waals surface area contributed by atoms with E-state index in [2.05, 4.69) is 0 Å². The third-order valence-corrected chi connectivity index (χ3v) is 2.98. The van der Waals surface area contributed by atoms with Crippen molar-refractivity contribution in [1.29, 1.82) is 0 Å². The Morgan fingerprint density at radius 2 is 1.89 bits per heavy atom. The largest absolute Gasteiger partial charge is 0.493 e. The van der Waals surface area contributed by atoms with E-state index >= 15 is 0 Å². The molecule has 19 heavy (non-hydrogen) atoms. The van der Waals surface area contributed by atoms with E-state index in [1.54, 1.807) is 18.9 Å². The molecule has 1 N–H and O–H groups in total. The Morgan fingerprint density at radius 3 is 2.32 bits per heavy atom. The van der Waals surface area contributed by atoms with Crippen molar-refractivity contribution in [2.24, 2.45) is 0 Å². The first kappa shape index (κ1) is 15.0. The number of likely N-dealkylation sites (N-methyl/N-ethyl adjacent to an activating group) is 1. The summed E-state index contributed by atoms with van der Waals surface area (Å²) >= 11 is 0. The zero-order chi connectivity index (χ0) is 14.6. The molecule has 1 atom stereocenters. The van der Waals surface area contributed by atoms with Crippen molar-refractivity contribution >= 4 is 11.4 Å². The molecule has 106 valence electrons. The van der Waals surface area contributed by atoms with Crippen molar-refractivity contribution in [3.05, 3.63) is 22.2 Å². The van der Waals surface area contributed by atoms with Gasteiger partial charge in [0, 0.05) is 19.2 Å². The number of methoxy groups -OCH3 is 2. The molecule has 1 aromatic rings. The highest BCUT2D eigenvalue weighted by molar-refractivity contribution is 5.69. The molecular weight excluding hydrogens is 252 g/mol. The number of benzene rings is 1. The molecule has 0 aromatic heterocycles. The number of hydrogen-bond donors (Lipinski definition) is 1. The first-order valence-corrected chi connectivity index (χ1v) is 5.70. The van der Waals surface area contributed by atoms with Crippen LogP contribution in [0.15, 0.2) is 12.1 Å². The van der Waals surface area contributed by atoms with Crippen LogP contribution >= 0.6 is 0 Å². The van der Waals surface area contributed by atoms with E-state index in [0.717, 1.165) is 0 Å². The number of aliphatic hydroxyl groups is 1. The summed E-state index contributed by atoms with van der Waals surface area (Å²) in [6.07, 6.45) is 0. The van der Waals surface area contributed by atoms with Gasteiger partial charge in [0.25, 0.3) is 5.69 Å². The predicted molar refractivity (Wildman–Crippen MR) is 71.2 cm³/mol. The highest BCUT2D eigenvalue weighted by Crippen LogP contribution is 2.39. The molecule has 0 bridgehead atoms. The number of aliphatic hydroxyl groups excluding tert-OH is 1. The van der Waals surface area contributed by atoms with Crippen molar-refractivity contribution in [2.75, 3.05) is 32.8 Å². The first-order valence-electron chi connectivity index (χ1n) is 5.70. The number of nitro benzene ring substituents is 1. The summed E-state index contributed by atoms with van der Waals surface area (Å²) in [5, 5.41) is 20.3. The molecular formula is C12H18N2O5. The lowest BCUT2D eigenvalue weighted by Crippen LogP contribution is -2.32. The van der Waals surface area contributed by atoms with Gasteiger partial charge in [0.05, 0.1) is 31.8 Å². The van der Waals surface area contributed by atoms with Crippen LogP contribution in [0.2, 0.25) is 0 Å². The van der Waals surface area contributed by atoms with Crippen LogP contribution in [-0.4, -0.2) is 43.9 Å². The van der Waals surface area contributed by atoms with Gasteiger partial charge in [-0.1, -0.05) is 0 Å². The molecule has 1 unspecified atom stereocenters. The standard InChI is InChI=1S/C12H18N2O5/c1-8(7-15)13(2)9-5-11(18-3)12(19-4)6-10(9)14(16)17/h5-6,8,15H,7H2,1-4H3. The number of anilines is 1. The summed E-state index contributed by atoms with van der Waals surface area (Å²) in [4.78, 5) is 12.3. The van der Waals surface area contributed by atoms with Crippen LogP contribution in [-0.2, 0) is 0 Å². The predicted octanol–water partition coefficient (Wildman–Crippen LogP) is 1.43. The van der Waals surface area contributed by atoms with Gasteiger partial charge in [0.1, 0.15) is 5.69 Å². The number of nitrogens with zero attached hydrogens (tertiary/aromatic N) is 2. The van der Waals surface area contributed by atoms with Gasteiger partial charge >= 0.3 is 0 Å². The Balaban J connectivity index is 3.39. The normalized spacial score (nSPS) is 11.8. The number of nitro groups is 1. The van der Waals surface area contributed by atoms with Crippen LogP contribution in [0, 0.1) is 10.1 Å². The van der Waals surface area contributed by atoms with Gasteiger partial charge in [0.15, 0.2) is 11.5 Å². The third kappa shape index (κ3) is 3.05. The smallest absolute Gasteiger partial charge is 0.296 e. The number of hydrogen-bond acceptors (Lipinski definition) is 6. The Morgan fingerprint density at radius 1 is 1.37 bits per heavy atom. The topological polar surface area (TPSA) is 85.1 Å². The van der Waals surface area contributed by atoms with E-state index in [1.165, 1.54) is 26.4 Å². The van der Waals surface area contributed by atoms with Crippen LogP contribution < -0.4 is 14.4 Å². The SMILES string of the molecule is COc1cc(N(C)C(C)CO)c([N+](=O)[O-])cc1OC. The van der Waals surface area contributed by atoms with Gasteiger partial charge in [-0.05, 0) is 6.92 Å². The third-order valence-electron chi connectivity index (χ3n) is 2.98. The average Bonchev–Trinajstić information content (AvgIpc) is 2.43. The average molecular weight is 270 g/mol. The second kappa shape index (κ2) is 6.24. The minimum absolute atomic E-state index is 0.0968. The molecule has 0 radical (unpaired) electrons. The van der Waals surface area contributed by atoms with Crippen molar-refractivity contribution < 1.29 is 19.5 Å². The van der Waals surface area contributed by atoms with E-state index in [-0.39, 0.29) is 18.3 Å². The molecule has 0 heterocycles. The lowest BCUT2D eigenvalue weighted by atomic mass is 10.2. The number of ether oxygens (including phenoxy) is 2. The molecule has 0 aliphatic rings. The summed E-state index contributed by atoms with van der Waals surface area (Å²) in [6, 6.07) is 2.59. The maximum atomic E-state index is 11.1. The molecule has 0 fully saturated rings. The van der Waals surface area contributed by atoms with Gasteiger partial charge in [-0.3, -0.25) is 10.1 Å². The van der Waals surface area contributed by atoms with Crippen molar-refractivity contribution in [2.45, 2.75) is 13.0 Å². The molecule has 0 saturated carbocycles. The van der Waals surface area contributed by atoms with Gasteiger partial charge in [-0.15, -0.1) is 0 Å². The molecule has 0 spiro atoms. The van der Waals surface area contributed by atoms with Gasteiger partial charge < -0.3 is 19.5 Å². The molecule has 7 heteroatoms. The maximum absolute atomic E-state index is 11.1. The Kier molecular flexibility index (Phi) is 4.94. The molecule has 1 aromatic carbocycles. The minimum Gasteiger partial charge on any atom is -0.493 e. The van der Waals surface area contributed by atoms with E-state index in [0.29, 0.717) is 17.2 Å². The molecule has 0 aliphatic carbocycles. The van der Waals surface area contributed by atoms with Crippen molar-refractivity contribution in [3.63, 3.8) is 0 Å². The summed E-state index contributed by atoms with van der Waals surface area (Å²) in [7, 11) is 4.55. The van der Waals surface area contributed by atoms with Crippen molar-refractivity contribution in [3.8, 4) is 11.5 Å². The summed E-state index contributed by atoms with van der Waals surface area (Å²) in [6.45, 7) is 1.66. The quantitative estimate of drug-likeness (QED) is 0.621. The zero-order valence-corrected chi connectivity index (χ0v) is 11.4. The van der Waals surface area contributed by atoms with E-state index in [4.69, 9.17) is 14.6 Å². The summed E-state index contributed by atoms with van der Waals surface area (Å²) < 4.78 is 10.2.